The molecule has 0 saturated carbocycles. The van der Waals surface area contributed by atoms with Crippen LogP contribution in [0.15, 0.2) is 18.2 Å². The van der Waals surface area contributed by atoms with Crippen molar-refractivity contribution in [1.29, 1.82) is 0 Å². The number of nitrogens with zero attached hydrogens (tertiary/aromatic N) is 1. The van der Waals surface area contributed by atoms with Gasteiger partial charge in [0.1, 0.15) is 12.4 Å². The molecule has 1 aliphatic heterocycles. The van der Waals surface area contributed by atoms with E-state index in [1.165, 1.54) is 12.5 Å². The lowest BCUT2D eigenvalue weighted by molar-refractivity contribution is -0.387. The number of nitro groups is 1. The van der Waals surface area contributed by atoms with Crippen molar-refractivity contribution in [3.8, 4) is 5.75 Å². The normalized spacial score (nSPS) is 19.5. The molecule has 98 valence electrons. The van der Waals surface area contributed by atoms with Crippen molar-refractivity contribution in [3.05, 3.63) is 34.1 Å². The first kappa shape index (κ1) is 12.8. The minimum Gasteiger partial charge on any atom is -0.492 e. The molecule has 0 amide bonds. The molecule has 1 fully saturated rings. The van der Waals surface area contributed by atoms with E-state index >= 15 is 0 Å². The zero-order valence-corrected chi connectivity index (χ0v) is 9.89. The van der Waals surface area contributed by atoms with E-state index in [0.717, 1.165) is 31.5 Å². The van der Waals surface area contributed by atoms with Gasteiger partial charge >= 0.3 is 5.69 Å². The summed E-state index contributed by atoms with van der Waals surface area (Å²) in [6.45, 7) is 1.43. The van der Waals surface area contributed by atoms with Crippen LogP contribution in [0.3, 0.4) is 0 Å². The summed E-state index contributed by atoms with van der Waals surface area (Å²) in [4.78, 5) is 9.70. The summed E-state index contributed by atoms with van der Waals surface area (Å²) in [5.74, 6) is -0.542. The molecule has 2 rings (SSSR count). The zero-order chi connectivity index (χ0) is 13.0. The van der Waals surface area contributed by atoms with Crippen molar-refractivity contribution in [3.63, 3.8) is 0 Å². The first-order chi connectivity index (χ1) is 8.66. The molecule has 0 spiro atoms. The average Bonchev–Trinajstić information content (AvgIpc) is 2.37. The molecule has 1 atom stereocenters. The highest BCUT2D eigenvalue weighted by molar-refractivity contribution is 5.37. The Morgan fingerprint density at radius 2 is 2.33 bits per heavy atom. The molecule has 1 aromatic carbocycles. The van der Waals surface area contributed by atoms with Crippen LogP contribution in [0.25, 0.3) is 0 Å². The molecule has 6 heteroatoms. The van der Waals surface area contributed by atoms with Gasteiger partial charge in [0.05, 0.1) is 4.92 Å². The maximum Gasteiger partial charge on any atom is 0.305 e. The van der Waals surface area contributed by atoms with E-state index in [1.807, 2.05) is 0 Å². The maximum absolute atomic E-state index is 13.3. The van der Waals surface area contributed by atoms with Crippen molar-refractivity contribution in [2.24, 2.45) is 0 Å². The Hall–Kier alpha value is -1.69. The van der Waals surface area contributed by atoms with Gasteiger partial charge in [0, 0.05) is 18.2 Å². The number of nitrogens with one attached hydrogen (secondary N) is 1. The third-order valence-corrected chi connectivity index (χ3v) is 2.98. The van der Waals surface area contributed by atoms with Gasteiger partial charge in [0.2, 0.25) is 5.82 Å². The largest absolute Gasteiger partial charge is 0.492 e. The number of ether oxygens (including phenoxy) is 1. The molecule has 0 radical (unpaired) electrons. The number of halogens is 1. The minimum atomic E-state index is -0.867. The highest BCUT2D eigenvalue weighted by Crippen LogP contribution is 2.22. The number of rotatable bonds is 4. The maximum atomic E-state index is 13.3. The molecule has 5 nitrogen and oxygen atoms in total. The molecule has 1 aromatic rings. The van der Waals surface area contributed by atoms with Gasteiger partial charge in [-0.25, -0.2) is 0 Å². The quantitative estimate of drug-likeness (QED) is 0.661. The fourth-order valence-corrected chi connectivity index (χ4v) is 1.99. The van der Waals surface area contributed by atoms with Gasteiger partial charge < -0.3 is 10.1 Å². The van der Waals surface area contributed by atoms with Crippen LogP contribution in [-0.4, -0.2) is 24.1 Å². The summed E-state index contributed by atoms with van der Waals surface area (Å²) in [5, 5.41) is 13.8. The van der Waals surface area contributed by atoms with Gasteiger partial charge in [-0.1, -0.05) is 6.42 Å². The van der Waals surface area contributed by atoms with E-state index in [9.17, 15) is 14.5 Å². The van der Waals surface area contributed by atoms with Gasteiger partial charge in [0.15, 0.2) is 0 Å². The number of nitro benzene ring substituents is 1. The Labute approximate surface area is 104 Å². The molecule has 1 saturated heterocycles. The SMILES string of the molecule is O=[N+]([O-])c1ccc(OCC2CCCCN2)cc1F. The first-order valence-corrected chi connectivity index (χ1v) is 5.97. The molecule has 1 N–H and O–H groups in total. The van der Waals surface area contributed by atoms with E-state index in [2.05, 4.69) is 5.32 Å². The minimum absolute atomic E-state index is 0.275. The topological polar surface area (TPSA) is 64.4 Å². The van der Waals surface area contributed by atoms with Crippen LogP contribution >= 0.6 is 0 Å². The van der Waals surface area contributed by atoms with Crippen LogP contribution in [0.2, 0.25) is 0 Å². The van der Waals surface area contributed by atoms with Gasteiger partial charge in [-0.05, 0) is 25.5 Å². The van der Waals surface area contributed by atoms with Crippen molar-refractivity contribution < 1.29 is 14.1 Å². The monoisotopic (exact) mass is 254 g/mol. The van der Waals surface area contributed by atoms with Crippen LogP contribution < -0.4 is 10.1 Å². The highest BCUT2D eigenvalue weighted by Gasteiger charge is 2.16. The predicted molar refractivity (Wildman–Crippen MR) is 64.2 cm³/mol. The van der Waals surface area contributed by atoms with Crippen molar-refractivity contribution >= 4 is 5.69 Å². The Morgan fingerprint density at radius 1 is 1.50 bits per heavy atom. The standard InChI is InChI=1S/C12H15FN2O3/c13-11-7-10(4-5-12(11)15(16)17)18-8-9-3-1-2-6-14-9/h4-5,7,9,14H,1-3,6,8H2. The summed E-state index contributed by atoms with van der Waals surface area (Å²) in [7, 11) is 0. The Kier molecular flexibility index (Phi) is 4.09. The lowest BCUT2D eigenvalue weighted by Gasteiger charge is -2.23. The summed E-state index contributed by atoms with van der Waals surface area (Å²) in [6.07, 6.45) is 3.37. The van der Waals surface area contributed by atoms with E-state index in [4.69, 9.17) is 4.74 Å². The van der Waals surface area contributed by atoms with Gasteiger partial charge in [-0.3, -0.25) is 10.1 Å². The van der Waals surface area contributed by atoms with Crippen LogP contribution in [-0.2, 0) is 0 Å². The predicted octanol–water partition coefficient (Wildman–Crippen LogP) is 2.25. The second kappa shape index (κ2) is 5.77. The Bertz CT molecular complexity index is 433. The smallest absolute Gasteiger partial charge is 0.305 e. The van der Waals surface area contributed by atoms with E-state index in [0.29, 0.717) is 12.4 Å². The average molecular weight is 254 g/mol. The Morgan fingerprint density at radius 3 is 2.94 bits per heavy atom. The molecule has 18 heavy (non-hydrogen) atoms. The van der Waals surface area contributed by atoms with Crippen LogP contribution in [0.4, 0.5) is 10.1 Å². The molecule has 0 bridgehead atoms. The second-order valence-electron chi connectivity index (χ2n) is 4.33. The Balaban J connectivity index is 1.93. The van der Waals surface area contributed by atoms with Crippen LogP contribution in [0.5, 0.6) is 5.75 Å². The molecule has 1 unspecified atom stereocenters. The molecule has 1 aliphatic rings. The fourth-order valence-electron chi connectivity index (χ4n) is 1.99. The summed E-state index contributed by atoms with van der Waals surface area (Å²) in [5.41, 5.74) is -0.529. The van der Waals surface area contributed by atoms with Crippen molar-refractivity contribution in [1.82, 2.24) is 5.32 Å². The number of piperidine rings is 1. The summed E-state index contributed by atoms with van der Waals surface area (Å²) in [6, 6.07) is 3.88. The third-order valence-electron chi connectivity index (χ3n) is 2.98. The second-order valence-corrected chi connectivity index (χ2v) is 4.33. The molecule has 0 aliphatic carbocycles. The molecule has 1 heterocycles. The van der Waals surface area contributed by atoms with E-state index in [1.54, 1.807) is 0 Å². The number of hydrogen-bond donors (Lipinski definition) is 1. The number of hydrogen-bond acceptors (Lipinski definition) is 4. The highest BCUT2D eigenvalue weighted by atomic mass is 19.1. The molecular formula is C12H15FN2O3. The number of benzene rings is 1. The molecule has 0 aromatic heterocycles. The zero-order valence-electron chi connectivity index (χ0n) is 9.89. The van der Waals surface area contributed by atoms with E-state index < -0.39 is 16.4 Å². The van der Waals surface area contributed by atoms with Crippen molar-refractivity contribution in [2.45, 2.75) is 25.3 Å². The summed E-state index contributed by atoms with van der Waals surface area (Å²) >= 11 is 0. The van der Waals surface area contributed by atoms with Gasteiger partial charge in [-0.2, -0.15) is 4.39 Å². The fraction of sp³-hybridized carbons (Fsp3) is 0.500. The summed E-state index contributed by atoms with van der Waals surface area (Å²) < 4.78 is 18.8. The van der Waals surface area contributed by atoms with Gasteiger partial charge in [-0.15, -0.1) is 0 Å². The first-order valence-electron chi connectivity index (χ1n) is 5.97. The van der Waals surface area contributed by atoms with Gasteiger partial charge in [0.25, 0.3) is 0 Å². The molecular weight excluding hydrogens is 239 g/mol. The lowest BCUT2D eigenvalue weighted by Crippen LogP contribution is -2.38. The van der Waals surface area contributed by atoms with Crippen LogP contribution in [0.1, 0.15) is 19.3 Å². The lowest BCUT2D eigenvalue weighted by atomic mass is 10.1. The third kappa shape index (κ3) is 3.16. The van der Waals surface area contributed by atoms with E-state index in [-0.39, 0.29) is 6.04 Å². The van der Waals surface area contributed by atoms with Crippen molar-refractivity contribution in [2.75, 3.05) is 13.2 Å². The van der Waals surface area contributed by atoms with Crippen LogP contribution in [0, 0.1) is 15.9 Å².